The topological polar surface area (TPSA) is 51.0 Å². The number of hydrogen-bond donors (Lipinski definition) is 0. The van der Waals surface area contributed by atoms with Crippen molar-refractivity contribution in [2.75, 3.05) is 10.7 Å². The molecule has 2 aromatic carbocycles. The van der Waals surface area contributed by atoms with Crippen molar-refractivity contribution in [1.29, 1.82) is 0 Å². The van der Waals surface area contributed by atoms with E-state index in [1.807, 2.05) is 54.4 Å². The maximum atomic E-state index is 13.3. The minimum atomic E-state index is -0.0293. The average Bonchev–Trinajstić information content (AvgIpc) is 3.37. The molecule has 0 spiro atoms. The number of rotatable bonds is 6. The molecule has 0 N–H and O–H groups in total. The minimum absolute atomic E-state index is 0.0293. The molecule has 0 saturated heterocycles. The van der Waals surface area contributed by atoms with Gasteiger partial charge in [0, 0.05) is 30.4 Å². The quantitative estimate of drug-likeness (QED) is 0.370. The van der Waals surface area contributed by atoms with Crippen LogP contribution in [0.2, 0.25) is 0 Å². The number of amides is 1. The third-order valence-corrected chi connectivity index (χ3v) is 6.51. The molecule has 2 aromatic heterocycles. The maximum Gasteiger partial charge on any atom is 0.243 e. The monoisotopic (exact) mass is 434 g/mol. The molecule has 152 valence electrons. The summed E-state index contributed by atoms with van der Waals surface area (Å²) in [7, 11) is 1.92. The molecule has 0 bridgehead atoms. The van der Waals surface area contributed by atoms with Crippen molar-refractivity contribution in [2.45, 2.75) is 19.0 Å². The Morgan fingerprint density at radius 2 is 1.93 bits per heavy atom. The second-order valence-corrected chi connectivity index (χ2v) is 8.84. The van der Waals surface area contributed by atoms with E-state index in [0.29, 0.717) is 5.13 Å². The molecular weight excluding hydrogens is 412 g/mol. The highest BCUT2D eigenvalue weighted by atomic mass is 32.2. The van der Waals surface area contributed by atoms with Crippen molar-refractivity contribution in [3.8, 4) is 11.3 Å². The fraction of sp³-hybridized carbons (Fsp3) is 0.174. The molecular formula is C23H22N4OS2. The zero-order chi connectivity index (χ0) is 21.1. The fourth-order valence-corrected chi connectivity index (χ4v) is 4.68. The molecule has 0 saturated carbocycles. The van der Waals surface area contributed by atoms with Gasteiger partial charge in [0.2, 0.25) is 5.91 Å². The Hall–Kier alpha value is -2.90. The zero-order valence-corrected chi connectivity index (χ0v) is 18.7. The molecule has 30 heavy (non-hydrogen) atoms. The summed E-state index contributed by atoms with van der Waals surface area (Å²) < 4.78 is 1.91. The molecule has 1 amide bonds. The molecule has 5 nitrogen and oxygen atoms in total. The second-order valence-electron chi connectivity index (χ2n) is 7.06. The van der Waals surface area contributed by atoms with Crippen LogP contribution in [-0.2, 0) is 11.8 Å². The van der Waals surface area contributed by atoms with Crippen LogP contribution in [0.25, 0.3) is 11.3 Å². The van der Waals surface area contributed by atoms with Gasteiger partial charge < -0.3 is 4.57 Å². The molecule has 0 aliphatic carbocycles. The minimum Gasteiger partial charge on any atom is -0.329 e. The molecule has 7 heteroatoms. The van der Waals surface area contributed by atoms with Crippen LogP contribution in [0.15, 0.2) is 71.5 Å². The van der Waals surface area contributed by atoms with Gasteiger partial charge >= 0.3 is 0 Å². The van der Waals surface area contributed by atoms with E-state index in [0.717, 1.165) is 27.7 Å². The second kappa shape index (κ2) is 8.85. The van der Waals surface area contributed by atoms with E-state index < -0.39 is 0 Å². The van der Waals surface area contributed by atoms with Crippen molar-refractivity contribution in [3.63, 3.8) is 0 Å². The first-order valence-electron chi connectivity index (χ1n) is 9.53. The lowest BCUT2D eigenvalue weighted by Crippen LogP contribution is -2.27. The number of benzene rings is 2. The number of thiazole rings is 1. The van der Waals surface area contributed by atoms with Crippen molar-refractivity contribution in [2.24, 2.45) is 7.05 Å². The number of carbonyl (C=O) groups is 1. The van der Waals surface area contributed by atoms with Gasteiger partial charge in [-0.25, -0.2) is 9.97 Å². The first-order valence-corrected chi connectivity index (χ1v) is 11.4. The normalized spacial score (nSPS) is 10.9. The van der Waals surface area contributed by atoms with E-state index in [-0.39, 0.29) is 11.7 Å². The summed E-state index contributed by atoms with van der Waals surface area (Å²) in [6.07, 6.45) is 3.61. The van der Waals surface area contributed by atoms with Crippen LogP contribution < -0.4 is 4.90 Å². The van der Waals surface area contributed by atoms with Gasteiger partial charge in [0.05, 0.1) is 17.1 Å². The Bertz CT molecular complexity index is 1160. The van der Waals surface area contributed by atoms with Gasteiger partial charge in [0.15, 0.2) is 10.3 Å². The number of aromatic nitrogens is 3. The van der Waals surface area contributed by atoms with Crippen molar-refractivity contribution in [1.82, 2.24) is 14.5 Å². The summed E-state index contributed by atoms with van der Waals surface area (Å²) in [4.78, 5) is 24.1. The highest BCUT2D eigenvalue weighted by Crippen LogP contribution is 2.33. The lowest BCUT2D eigenvalue weighted by molar-refractivity contribution is -0.115. The van der Waals surface area contributed by atoms with Crippen molar-refractivity contribution in [3.05, 3.63) is 77.4 Å². The standard InChI is InChI=1S/C23H22N4OS2/c1-16-7-9-18(10-8-16)20-14-29-23(25-20)27(19-6-4-5-17(2)13-19)21(28)15-30-22-24-11-12-26(22)3/h4-14H,15H2,1-3H3. The molecule has 0 unspecified atom stereocenters. The van der Waals surface area contributed by atoms with E-state index in [4.69, 9.17) is 4.98 Å². The SMILES string of the molecule is Cc1ccc(-c2csc(N(C(=O)CSc3nccn3C)c3cccc(C)c3)n2)cc1. The zero-order valence-electron chi connectivity index (χ0n) is 17.1. The third kappa shape index (κ3) is 4.47. The van der Waals surface area contributed by atoms with E-state index in [9.17, 15) is 4.79 Å². The molecule has 0 fully saturated rings. The van der Waals surface area contributed by atoms with Gasteiger partial charge in [-0.05, 0) is 31.5 Å². The number of carbonyl (C=O) groups excluding carboxylic acids is 1. The van der Waals surface area contributed by atoms with Gasteiger partial charge in [-0.3, -0.25) is 9.69 Å². The van der Waals surface area contributed by atoms with Crippen LogP contribution in [0.1, 0.15) is 11.1 Å². The molecule has 0 aliphatic heterocycles. The van der Waals surface area contributed by atoms with Crippen LogP contribution in [0, 0.1) is 13.8 Å². The predicted octanol–water partition coefficient (Wildman–Crippen LogP) is 5.62. The third-order valence-electron chi connectivity index (χ3n) is 4.64. The van der Waals surface area contributed by atoms with Gasteiger partial charge in [-0.15, -0.1) is 11.3 Å². The highest BCUT2D eigenvalue weighted by molar-refractivity contribution is 7.99. The van der Waals surface area contributed by atoms with Crippen LogP contribution in [0.5, 0.6) is 0 Å². The van der Waals surface area contributed by atoms with E-state index >= 15 is 0 Å². The Kier molecular flexibility index (Phi) is 6.01. The Labute approximate surface area is 184 Å². The van der Waals surface area contributed by atoms with Crippen LogP contribution in [0.3, 0.4) is 0 Å². The number of imidazole rings is 1. The van der Waals surface area contributed by atoms with Gasteiger partial charge in [-0.2, -0.15) is 0 Å². The number of hydrogen-bond acceptors (Lipinski definition) is 5. The van der Waals surface area contributed by atoms with Crippen LogP contribution in [0.4, 0.5) is 10.8 Å². The number of nitrogens with zero attached hydrogens (tertiary/aromatic N) is 4. The van der Waals surface area contributed by atoms with Gasteiger partial charge in [0.25, 0.3) is 0 Å². The molecule has 2 heterocycles. The largest absolute Gasteiger partial charge is 0.329 e. The predicted molar refractivity (Wildman–Crippen MR) is 125 cm³/mol. The van der Waals surface area contributed by atoms with E-state index in [1.165, 1.54) is 28.7 Å². The van der Waals surface area contributed by atoms with Crippen molar-refractivity contribution >= 4 is 39.8 Å². The first kappa shape index (κ1) is 20.4. The van der Waals surface area contributed by atoms with E-state index in [1.54, 1.807) is 11.1 Å². The molecule has 4 rings (SSSR count). The number of aryl methyl sites for hydroxylation is 3. The molecule has 0 atom stereocenters. The van der Waals surface area contributed by atoms with Crippen LogP contribution in [-0.4, -0.2) is 26.2 Å². The average molecular weight is 435 g/mol. The number of anilines is 2. The van der Waals surface area contributed by atoms with Gasteiger partial charge in [0.1, 0.15) is 0 Å². The van der Waals surface area contributed by atoms with E-state index in [2.05, 4.69) is 36.2 Å². The fourth-order valence-electron chi connectivity index (χ4n) is 3.03. The smallest absolute Gasteiger partial charge is 0.243 e. The summed E-state index contributed by atoms with van der Waals surface area (Å²) >= 11 is 2.90. The summed E-state index contributed by atoms with van der Waals surface area (Å²) in [6, 6.07) is 16.2. The lowest BCUT2D eigenvalue weighted by atomic mass is 10.1. The summed E-state index contributed by atoms with van der Waals surface area (Å²) in [5, 5.41) is 3.48. The Morgan fingerprint density at radius 1 is 1.13 bits per heavy atom. The van der Waals surface area contributed by atoms with Gasteiger partial charge in [-0.1, -0.05) is 53.7 Å². The lowest BCUT2D eigenvalue weighted by Gasteiger charge is -2.20. The summed E-state index contributed by atoms with van der Waals surface area (Å²) in [6.45, 7) is 4.09. The van der Waals surface area contributed by atoms with Crippen LogP contribution >= 0.6 is 23.1 Å². The summed E-state index contributed by atoms with van der Waals surface area (Å²) in [5.41, 5.74) is 5.04. The molecule has 4 aromatic rings. The first-order chi connectivity index (χ1) is 14.5. The molecule has 0 radical (unpaired) electrons. The highest BCUT2D eigenvalue weighted by Gasteiger charge is 2.22. The number of thioether (sulfide) groups is 1. The molecule has 0 aliphatic rings. The Morgan fingerprint density at radius 3 is 2.63 bits per heavy atom. The maximum absolute atomic E-state index is 13.3. The van der Waals surface area contributed by atoms with Crippen molar-refractivity contribution < 1.29 is 4.79 Å². The Balaban J connectivity index is 1.64. The summed E-state index contributed by atoms with van der Waals surface area (Å²) in [5.74, 6) is 0.247.